The highest BCUT2D eigenvalue weighted by molar-refractivity contribution is 5.97. The van der Waals surface area contributed by atoms with Gasteiger partial charge in [-0.15, -0.1) is 0 Å². The molecule has 0 saturated heterocycles. The van der Waals surface area contributed by atoms with E-state index in [0.29, 0.717) is 17.9 Å². The van der Waals surface area contributed by atoms with Crippen molar-refractivity contribution in [2.75, 3.05) is 7.11 Å². The Morgan fingerprint density at radius 3 is 2.76 bits per heavy atom. The summed E-state index contributed by atoms with van der Waals surface area (Å²) in [6, 6.07) is 16.4. The Labute approximate surface area is 196 Å². The molecular formula is C29H33N2O2+. The first-order chi connectivity index (χ1) is 16.0. The number of allylic oxidation sites excluding steroid dienone is 1. The number of nitrogens with zero attached hydrogens (tertiary/aromatic N) is 1. The van der Waals surface area contributed by atoms with Gasteiger partial charge in [-0.05, 0) is 55.5 Å². The highest BCUT2D eigenvalue weighted by Crippen LogP contribution is 2.50. The second kappa shape index (κ2) is 7.61. The minimum absolute atomic E-state index is 0.0156. The summed E-state index contributed by atoms with van der Waals surface area (Å²) in [5, 5.41) is 1.34. The molecule has 1 saturated carbocycles. The van der Waals surface area contributed by atoms with Crippen LogP contribution < -0.4 is 4.90 Å². The molecule has 0 bridgehead atoms. The van der Waals surface area contributed by atoms with E-state index in [4.69, 9.17) is 9.47 Å². The van der Waals surface area contributed by atoms with Crippen molar-refractivity contribution in [1.29, 1.82) is 0 Å². The maximum absolute atomic E-state index is 6.61. The fourth-order valence-electron chi connectivity index (χ4n) is 6.03. The maximum Gasteiger partial charge on any atom is 0.224 e. The summed E-state index contributed by atoms with van der Waals surface area (Å²) in [5.74, 6) is 3.29. The molecule has 1 aliphatic carbocycles. The lowest BCUT2D eigenvalue weighted by Gasteiger charge is -2.18. The van der Waals surface area contributed by atoms with E-state index in [1.54, 1.807) is 7.11 Å². The second-order valence-electron chi connectivity index (χ2n) is 10.2. The Bertz CT molecular complexity index is 1300. The Morgan fingerprint density at radius 1 is 1.15 bits per heavy atom. The van der Waals surface area contributed by atoms with Crippen LogP contribution in [0.2, 0.25) is 0 Å². The number of methoxy groups -OCH3 is 1. The predicted octanol–water partition coefficient (Wildman–Crippen LogP) is 5.13. The van der Waals surface area contributed by atoms with Gasteiger partial charge in [0.15, 0.2) is 0 Å². The van der Waals surface area contributed by atoms with Gasteiger partial charge in [0.1, 0.15) is 18.3 Å². The number of benzene rings is 2. The summed E-state index contributed by atoms with van der Waals surface area (Å²) >= 11 is 0. The van der Waals surface area contributed by atoms with Gasteiger partial charge >= 0.3 is 0 Å². The lowest BCUT2D eigenvalue weighted by atomic mass is 9.98. The second-order valence-corrected chi connectivity index (χ2v) is 10.2. The molecule has 5 unspecified atom stereocenters. The van der Waals surface area contributed by atoms with Crippen molar-refractivity contribution in [2.24, 2.45) is 5.92 Å². The molecule has 1 aromatic heterocycles. The molecule has 2 aliphatic heterocycles. The number of ether oxygens (including phenoxy) is 2. The summed E-state index contributed by atoms with van der Waals surface area (Å²) in [6.07, 6.45) is 8.03. The average molecular weight is 442 g/mol. The van der Waals surface area contributed by atoms with E-state index >= 15 is 0 Å². The van der Waals surface area contributed by atoms with Gasteiger partial charge in [-0.25, -0.2) is 0 Å². The number of nitrogens with one attached hydrogen (secondary N) is 1. The van der Waals surface area contributed by atoms with Crippen LogP contribution in [0.25, 0.3) is 22.7 Å². The molecule has 0 amide bonds. The number of para-hydroxylation sites is 1. The Hall–Kier alpha value is -2.82. The van der Waals surface area contributed by atoms with Crippen molar-refractivity contribution in [1.82, 2.24) is 4.57 Å². The number of hydrogen-bond acceptors (Lipinski definition) is 2. The summed E-state index contributed by atoms with van der Waals surface area (Å²) in [6.45, 7) is 8.68. The largest absolute Gasteiger partial charge is 0.502 e. The van der Waals surface area contributed by atoms with Crippen LogP contribution in [0, 0.1) is 5.92 Å². The lowest BCUT2D eigenvalue weighted by molar-refractivity contribution is -0.790. The van der Waals surface area contributed by atoms with Gasteiger partial charge in [-0.2, -0.15) is 0 Å². The molecule has 3 aliphatic rings. The smallest absolute Gasteiger partial charge is 0.224 e. The van der Waals surface area contributed by atoms with Gasteiger partial charge in [0.25, 0.3) is 0 Å². The molecule has 5 atom stereocenters. The van der Waals surface area contributed by atoms with Crippen molar-refractivity contribution in [2.45, 2.75) is 58.3 Å². The average Bonchev–Trinajstić information content (AvgIpc) is 3.18. The molecular weight excluding hydrogens is 408 g/mol. The number of rotatable bonds is 6. The van der Waals surface area contributed by atoms with Gasteiger partial charge in [0, 0.05) is 11.5 Å². The molecule has 3 aromatic rings. The van der Waals surface area contributed by atoms with Crippen LogP contribution in [0.4, 0.5) is 5.82 Å². The first-order valence-corrected chi connectivity index (χ1v) is 12.2. The van der Waals surface area contributed by atoms with E-state index in [-0.39, 0.29) is 12.2 Å². The van der Waals surface area contributed by atoms with Crippen molar-refractivity contribution >= 4 is 22.8 Å². The third-order valence-electron chi connectivity index (χ3n) is 7.43. The van der Waals surface area contributed by atoms with Crippen molar-refractivity contribution in [3.63, 3.8) is 0 Å². The van der Waals surface area contributed by atoms with Crippen LogP contribution in [-0.2, 0) is 15.9 Å². The topological polar surface area (TPSA) is 27.8 Å². The number of aromatic nitrogens is 1. The molecule has 4 heteroatoms. The van der Waals surface area contributed by atoms with Crippen LogP contribution in [-0.4, -0.2) is 29.9 Å². The molecule has 2 aromatic carbocycles. The molecule has 4 nitrogen and oxygen atoms in total. The zero-order valence-corrected chi connectivity index (χ0v) is 20.1. The normalized spacial score (nSPS) is 25.6. The Morgan fingerprint density at radius 2 is 1.97 bits per heavy atom. The summed E-state index contributed by atoms with van der Waals surface area (Å²) in [5.41, 5.74) is 6.82. The van der Waals surface area contributed by atoms with Crippen LogP contribution in [0.15, 0.2) is 60.5 Å². The van der Waals surface area contributed by atoms with E-state index in [2.05, 4.69) is 86.2 Å². The van der Waals surface area contributed by atoms with E-state index < -0.39 is 0 Å². The number of quaternary nitrogens is 1. The number of hydrogen-bond donors (Lipinski definition) is 1. The zero-order chi connectivity index (χ0) is 22.9. The minimum atomic E-state index is 0.0156. The molecule has 0 radical (unpaired) electrons. The quantitative estimate of drug-likeness (QED) is 0.537. The molecule has 33 heavy (non-hydrogen) atoms. The molecule has 170 valence electrons. The zero-order valence-electron chi connectivity index (χ0n) is 20.1. The van der Waals surface area contributed by atoms with Crippen LogP contribution in [0.5, 0.6) is 0 Å². The van der Waals surface area contributed by atoms with Crippen molar-refractivity contribution < 1.29 is 14.4 Å². The molecule has 1 N–H and O–H groups in total. The minimum Gasteiger partial charge on any atom is -0.502 e. The van der Waals surface area contributed by atoms with Gasteiger partial charge in [-0.1, -0.05) is 44.2 Å². The third kappa shape index (κ3) is 3.19. The predicted molar refractivity (Wildman–Crippen MR) is 133 cm³/mol. The standard InChI is InChI=1S/C29H32N2O2/c1-17(2)14-20-10-11-23-25(16-20)31-24-9-7-6-8-21(24)22-12-13-30(29(22)31)27-26(23)28(27)33-19(4)15-18(3)32-5/h6-13,15-17,19,26-28H,14H2,1-5H3/p+1. The summed E-state index contributed by atoms with van der Waals surface area (Å²) in [7, 11) is 1.71. The first-order valence-electron chi connectivity index (χ1n) is 12.2. The number of fused-ring (bicyclic) bond motifs is 8. The molecule has 3 heterocycles. The van der Waals surface area contributed by atoms with Gasteiger partial charge < -0.3 is 9.47 Å². The van der Waals surface area contributed by atoms with Crippen molar-refractivity contribution in [3.8, 4) is 5.69 Å². The SMILES string of the molecule is COC(C)=CC(C)OC1C2c3ccc(CC(C)C)cc3-n3c4c(c5ccccc53)C=C[NH+]4C12. The summed E-state index contributed by atoms with van der Waals surface area (Å²) in [4.78, 5) is 1.43. The van der Waals surface area contributed by atoms with Gasteiger partial charge in [-0.3, -0.25) is 9.47 Å². The maximum atomic E-state index is 6.61. The van der Waals surface area contributed by atoms with Gasteiger partial charge in [0.05, 0.1) is 41.7 Å². The van der Waals surface area contributed by atoms with Gasteiger partial charge in [0.2, 0.25) is 5.82 Å². The molecule has 1 fully saturated rings. The monoisotopic (exact) mass is 441 g/mol. The van der Waals surface area contributed by atoms with Crippen LogP contribution in [0.3, 0.4) is 0 Å². The lowest BCUT2D eigenvalue weighted by Crippen LogP contribution is -3.04. The molecule has 0 spiro atoms. The van der Waals surface area contributed by atoms with E-state index in [0.717, 1.165) is 12.2 Å². The van der Waals surface area contributed by atoms with Crippen LogP contribution in [0.1, 0.15) is 50.3 Å². The van der Waals surface area contributed by atoms with Crippen LogP contribution >= 0.6 is 0 Å². The fraction of sp³-hybridized carbons (Fsp3) is 0.379. The Kier molecular flexibility index (Phi) is 4.79. The fourth-order valence-corrected chi connectivity index (χ4v) is 6.03. The molecule has 6 rings (SSSR count). The van der Waals surface area contributed by atoms with E-state index in [1.165, 1.54) is 44.0 Å². The highest BCUT2D eigenvalue weighted by atomic mass is 16.5. The summed E-state index contributed by atoms with van der Waals surface area (Å²) < 4.78 is 14.5. The van der Waals surface area contributed by atoms with E-state index in [9.17, 15) is 0 Å². The van der Waals surface area contributed by atoms with E-state index in [1.807, 2.05) is 6.92 Å². The third-order valence-corrected chi connectivity index (χ3v) is 7.43. The van der Waals surface area contributed by atoms with Crippen molar-refractivity contribution in [3.05, 3.63) is 77.2 Å². The first kappa shape index (κ1) is 20.8. The Balaban J connectivity index is 1.50. The highest BCUT2D eigenvalue weighted by Gasteiger charge is 2.64.